The molecule has 18 heavy (non-hydrogen) atoms. The van der Waals surface area contributed by atoms with Crippen LogP contribution >= 0.6 is 0 Å². The van der Waals surface area contributed by atoms with Gasteiger partial charge in [-0.3, -0.25) is 4.79 Å². The summed E-state index contributed by atoms with van der Waals surface area (Å²) in [5.74, 6) is -0.721. The zero-order chi connectivity index (χ0) is 13.5. The first kappa shape index (κ1) is 14.7. The molecule has 1 aromatic rings. The van der Waals surface area contributed by atoms with E-state index in [0.29, 0.717) is 6.42 Å². The first-order valence-electron chi connectivity index (χ1n) is 6.50. The van der Waals surface area contributed by atoms with Crippen LogP contribution in [0.4, 0.5) is 0 Å². The molecule has 3 heteroatoms. The van der Waals surface area contributed by atoms with Gasteiger partial charge in [-0.25, -0.2) is 0 Å². The number of nitrogens with one attached hydrogen (secondary N) is 1. The topological polar surface area (TPSA) is 49.3 Å². The largest absolute Gasteiger partial charge is 0.481 e. The maximum atomic E-state index is 10.3. The SMILES string of the molecule is Cc1ccc(CCNCCCC(=O)O)c(C)c1C. The van der Waals surface area contributed by atoms with E-state index in [9.17, 15) is 4.79 Å². The van der Waals surface area contributed by atoms with Gasteiger partial charge in [0.05, 0.1) is 0 Å². The van der Waals surface area contributed by atoms with E-state index in [2.05, 4.69) is 38.2 Å². The van der Waals surface area contributed by atoms with Crippen molar-refractivity contribution in [3.8, 4) is 0 Å². The zero-order valence-electron chi connectivity index (χ0n) is 11.5. The van der Waals surface area contributed by atoms with Crippen LogP contribution in [0, 0.1) is 20.8 Å². The lowest BCUT2D eigenvalue weighted by atomic mass is 9.97. The van der Waals surface area contributed by atoms with E-state index in [1.165, 1.54) is 22.3 Å². The predicted molar refractivity (Wildman–Crippen MR) is 74.1 cm³/mol. The number of aliphatic carboxylic acids is 1. The Balaban J connectivity index is 2.32. The second kappa shape index (κ2) is 7.17. The summed E-state index contributed by atoms with van der Waals surface area (Å²) in [4.78, 5) is 10.3. The van der Waals surface area contributed by atoms with E-state index < -0.39 is 5.97 Å². The molecule has 0 aliphatic heterocycles. The molecule has 0 saturated carbocycles. The zero-order valence-corrected chi connectivity index (χ0v) is 11.5. The van der Waals surface area contributed by atoms with Crippen LogP contribution in [-0.4, -0.2) is 24.2 Å². The van der Waals surface area contributed by atoms with Crippen molar-refractivity contribution in [2.24, 2.45) is 0 Å². The van der Waals surface area contributed by atoms with Crippen molar-refractivity contribution in [3.05, 3.63) is 34.4 Å². The third-order valence-corrected chi connectivity index (χ3v) is 3.49. The highest BCUT2D eigenvalue weighted by atomic mass is 16.4. The summed E-state index contributed by atoms with van der Waals surface area (Å²) in [7, 11) is 0. The molecule has 0 spiro atoms. The lowest BCUT2D eigenvalue weighted by Gasteiger charge is -2.11. The van der Waals surface area contributed by atoms with Crippen LogP contribution in [0.15, 0.2) is 12.1 Å². The van der Waals surface area contributed by atoms with Crippen molar-refractivity contribution in [3.63, 3.8) is 0 Å². The fourth-order valence-corrected chi connectivity index (χ4v) is 2.00. The average Bonchev–Trinajstić information content (AvgIpc) is 2.33. The van der Waals surface area contributed by atoms with E-state index in [-0.39, 0.29) is 6.42 Å². The summed E-state index contributed by atoms with van der Waals surface area (Å²) in [6, 6.07) is 4.36. The number of carboxylic acid groups (broad SMARTS) is 1. The van der Waals surface area contributed by atoms with Crippen molar-refractivity contribution in [1.29, 1.82) is 0 Å². The number of hydrogen-bond donors (Lipinski definition) is 2. The molecule has 1 aromatic carbocycles. The van der Waals surface area contributed by atoms with Gasteiger partial charge in [0, 0.05) is 6.42 Å². The normalized spacial score (nSPS) is 10.6. The summed E-state index contributed by atoms with van der Waals surface area (Å²) in [5, 5.41) is 11.8. The Hall–Kier alpha value is -1.35. The van der Waals surface area contributed by atoms with E-state index in [1.807, 2.05) is 0 Å². The van der Waals surface area contributed by atoms with Crippen LogP contribution < -0.4 is 5.32 Å². The third kappa shape index (κ3) is 4.49. The Kier molecular flexibility index (Phi) is 5.86. The molecular formula is C15H23NO2. The Bertz CT molecular complexity index is 413. The molecule has 100 valence electrons. The summed E-state index contributed by atoms with van der Waals surface area (Å²) in [6.07, 6.45) is 1.94. The van der Waals surface area contributed by atoms with Crippen molar-refractivity contribution in [2.75, 3.05) is 13.1 Å². The summed E-state index contributed by atoms with van der Waals surface area (Å²) in [6.45, 7) is 8.14. The molecule has 0 bridgehead atoms. The van der Waals surface area contributed by atoms with Gasteiger partial charge in [-0.15, -0.1) is 0 Å². The first-order valence-corrected chi connectivity index (χ1v) is 6.50. The number of aryl methyl sites for hydroxylation is 1. The number of carbonyl (C=O) groups is 1. The highest BCUT2D eigenvalue weighted by Gasteiger charge is 2.03. The van der Waals surface area contributed by atoms with Gasteiger partial charge >= 0.3 is 5.97 Å². The minimum absolute atomic E-state index is 0.246. The van der Waals surface area contributed by atoms with E-state index in [1.54, 1.807) is 0 Å². The number of rotatable bonds is 7. The average molecular weight is 249 g/mol. The molecule has 0 radical (unpaired) electrons. The minimum atomic E-state index is -0.721. The molecular weight excluding hydrogens is 226 g/mol. The lowest BCUT2D eigenvalue weighted by Crippen LogP contribution is -2.19. The monoisotopic (exact) mass is 249 g/mol. The minimum Gasteiger partial charge on any atom is -0.481 e. The van der Waals surface area contributed by atoms with Crippen molar-refractivity contribution in [2.45, 2.75) is 40.0 Å². The van der Waals surface area contributed by atoms with Gasteiger partial charge in [0.2, 0.25) is 0 Å². The van der Waals surface area contributed by atoms with E-state index in [4.69, 9.17) is 5.11 Å². The molecule has 0 amide bonds. The van der Waals surface area contributed by atoms with Crippen molar-refractivity contribution in [1.82, 2.24) is 5.32 Å². The molecule has 0 atom stereocenters. The highest BCUT2D eigenvalue weighted by molar-refractivity contribution is 5.66. The first-order chi connectivity index (χ1) is 8.52. The van der Waals surface area contributed by atoms with Gasteiger partial charge in [-0.1, -0.05) is 12.1 Å². The number of carboxylic acids is 1. The summed E-state index contributed by atoms with van der Waals surface area (Å²) < 4.78 is 0. The second-order valence-corrected chi connectivity index (χ2v) is 4.79. The van der Waals surface area contributed by atoms with Crippen LogP contribution in [0.2, 0.25) is 0 Å². The van der Waals surface area contributed by atoms with Crippen LogP contribution in [0.1, 0.15) is 35.1 Å². The molecule has 0 aliphatic rings. The Morgan fingerprint density at radius 2 is 1.89 bits per heavy atom. The number of benzene rings is 1. The predicted octanol–water partition coefficient (Wildman–Crippen LogP) is 2.61. The third-order valence-electron chi connectivity index (χ3n) is 3.49. The molecule has 1 rings (SSSR count). The Morgan fingerprint density at radius 1 is 1.17 bits per heavy atom. The second-order valence-electron chi connectivity index (χ2n) is 4.79. The van der Waals surface area contributed by atoms with Gasteiger partial charge in [0.15, 0.2) is 0 Å². The number of hydrogen-bond acceptors (Lipinski definition) is 2. The van der Waals surface area contributed by atoms with E-state index in [0.717, 1.165) is 19.5 Å². The van der Waals surface area contributed by atoms with Crippen LogP contribution in [-0.2, 0) is 11.2 Å². The van der Waals surface area contributed by atoms with Crippen LogP contribution in [0.3, 0.4) is 0 Å². The molecule has 0 aromatic heterocycles. The molecule has 0 fully saturated rings. The van der Waals surface area contributed by atoms with Gasteiger partial charge in [0.25, 0.3) is 0 Å². The lowest BCUT2D eigenvalue weighted by molar-refractivity contribution is -0.137. The molecule has 3 nitrogen and oxygen atoms in total. The van der Waals surface area contributed by atoms with Crippen molar-refractivity contribution < 1.29 is 9.90 Å². The van der Waals surface area contributed by atoms with Gasteiger partial charge < -0.3 is 10.4 Å². The quantitative estimate of drug-likeness (QED) is 0.730. The maximum Gasteiger partial charge on any atom is 0.303 e. The van der Waals surface area contributed by atoms with Crippen LogP contribution in [0.25, 0.3) is 0 Å². The maximum absolute atomic E-state index is 10.3. The fraction of sp³-hybridized carbons (Fsp3) is 0.533. The van der Waals surface area contributed by atoms with Gasteiger partial charge in [-0.05, 0) is 69.0 Å². The summed E-state index contributed by atoms with van der Waals surface area (Å²) >= 11 is 0. The Morgan fingerprint density at radius 3 is 2.56 bits per heavy atom. The highest BCUT2D eigenvalue weighted by Crippen LogP contribution is 2.17. The smallest absolute Gasteiger partial charge is 0.303 e. The fourth-order valence-electron chi connectivity index (χ4n) is 2.00. The standard InChI is InChI=1S/C15H23NO2/c1-11-6-7-14(13(3)12(11)2)8-10-16-9-4-5-15(17)18/h6-7,16H,4-5,8-10H2,1-3H3,(H,17,18). The molecule has 0 saturated heterocycles. The summed E-state index contributed by atoms with van der Waals surface area (Å²) in [5.41, 5.74) is 5.47. The Labute approximate surface area is 109 Å². The molecule has 0 unspecified atom stereocenters. The molecule has 2 N–H and O–H groups in total. The molecule has 0 heterocycles. The van der Waals surface area contributed by atoms with Gasteiger partial charge in [0.1, 0.15) is 0 Å². The molecule has 0 aliphatic carbocycles. The van der Waals surface area contributed by atoms with E-state index >= 15 is 0 Å². The van der Waals surface area contributed by atoms with Crippen molar-refractivity contribution >= 4 is 5.97 Å². The van der Waals surface area contributed by atoms with Gasteiger partial charge in [-0.2, -0.15) is 0 Å². The van der Waals surface area contributed by atoms with Crippen LogP contribution in [0.5, 0.6) is 0 Å².